The number of carbonyl (C=O) groups is 3. The highest BCUT2D eigenvalue weighted by Gasteiger charge is 2.57. The van der Waals surface area contributed by atoms with Crippen molar-refractivity contribution >= 4 is 17.9 Å². The number of hydrogen-bond acceptors (Lipinski definition) is 8. The van der Waals surface area contributed by atoms with Gasteiger partial charge in [0.05, 0.1) is 6.61 Å². The molecule has 144 valence electrons. The molecule has 0 N–H and O–H groups in total. The van der Waals surface area contributed by atoms with Gasteiger partial charge in [-0.3, -0.25) is 19.7 Å². The summed E-state index contributed by atoms with van der Waals surface area (Å²) in [5.41, 5.74) is -4.40. The molecule has 0 aromatic heterocycles. The van der Waals surface area contributed by atoms with Crippen molar-refractivity contribution in [2.75, 3.05) is 6.61 Å². The molecule has 0 saturated carbocycles. The predicted octanol–water partition coefficient (Wildman–Crippen LogP) is 2.03. The van der Waals surface area contributed by atoms with E-state index in [1.807, 2.05) is 0 Å². The zero-order chi connectivity index (χ0) is 20.1. The molecule has 0 aliphatic rings. The lowest BCUT2D eigenvalue weighted by Crippen LogP contribution is -2.52. The summed E-state index contributed by atoms with van der Waals surface area (Å²) >= 11 is 0. The monoisotopic (exact) mass is 361 g/mol. The van der Waals surface area contributed by atoms with E-state index in [0.717, 1.165) is 0 Å². The summed E-state index contributed by atoms with van der Waals surface area (Å²) in [5, 5.41) is 11.6. The van der Waals surface area contributed by atoms with Gasteiger partial charge in [-0.2, -0.15) is 0 Å². The van der Waals surface area contributed by atoms with Crippen molar-refractivity contribution in [3.05, 3.63) is 10.1 Å². The fourth-order valence-corrected chi connectivity index (χ4v) is 1.91. The number of ether oxygens (including phenoxy) is 3. The van der Waals surface area contributed by atoms with E-state index >= 15 is 0 Å². The number of nitro groups is 1. The molecule has 0 aliphatic heterocycles. The lowest BCUT2D eigenvalue weighted by Gasteiger charge is -2.26. The number of rotatable bonds is 7. The van der Waals surface area contributed by atoms with Crippen molar-refractivity contribution in [3.63, 3.8) is 0 Å². The molecule has 0 amide bonds. The van der Waals surface area contributed by atoms with Crippen LogP contribution in [0.3, 0.4) is 0 Å². The molecule has 0 rings (SSSR count). The Hall–Kier alpha value is -2.19. The van der Waals surface area contributed by atoms with Crippen LogP contribution >= 0.6 is 0 Å². The third-order valence-corrected chi connectivity index (χ3v) is 2.72. The van der Waals surface area contributed by atoms with Crippen LogP contribution in [0.15, 0.2) is 0 Å². The van der Waals surface area contributed by atoms with Crippen LogP contribution in [0.4, 0.5) is 0 Å². The minimum absolute atomic E-state index is 0.142. The highest BCUT2D eigenvalue weighted by molar-refractivity contribution is 5.90. The summed E-state index contributed by atoms with van der Waals surface area (Å²) in [4.78, 5) is 47.0. The van der Waals surface area contributed by atoms with E-state index in [4.69, 9.17) is 14.2 Å². The van der Waals surface area contributed by atoms with E-state index in [-0.39, 0.29) is 6.61 Å². The van der Waals surface area contributed by atoms with Gasteiger partial charge in [0.1, 0.15) is 24.0 Å². The van der Waals surface area contributed by atoms with Gasteiger partial charge in [-0.05, 0) is 48.5 Å². The fraction of sp³-hybridized carbons (Fsp3) is 0.812. The van der Waals surface area contributed by atoms with Crippen LogP contribution in [-0.2, 0) is 28.6 Å². The Labute approximate surface area is 147 Å². The maximum absolute atomic E-state index is 12.2. The van der Waals surface area contributed by atoms with E-state index in [2.05, 4.69) is 0 Å². The normalized spacial score (nSPS) is 12.3. The molecule has 0 spiro atoms. The maximum Gasteiger partial charge on any atom is 0.386 e. The van der Waals surface area contributed by atoms with Crippen LogP contribution in [0.5, 0.6) is 0 Å². The molecular weight excluding hydrogens is 334 g/mol. The van der Waals surface area contributed by atoms with Crippen molar-refractivity contribution in [1.29, 1.82) is 0 Å². The minimum Gasteiger partial charge on any atom is -0.461 e. The zero-order valence-electron chi connectivity index (χ0n) is 15.8. The lowest BCUT2D eigenvalue weighted by atomic mass is 9.91. The van der Waals surface area contributed by atoms with E-state index in [1.54, 1.807) is 41.5 Å². The molecule has 0 radical (unpaired) electrons. The van der Waals surface area contributed by atoms with Crippen LogP contribution in [0, 0.1) is 10.1 Å². The van der Waals surface area contributed by atoms with Crippen molar-refractivity contribution in [1.82, 2.24) is 0 Å². The van der Waals surface area contributed by atoms with Crippen molar-refractivity contribution < 1.29 is 33.5 Å². The molecular formula is C16H27NO8. The van der Waals surface area contributed by atoms with Gasteiger partial charge in [-0.15, -0.1) is 0 Å². The summed E-state index contributed by atoms with van der Waals surface area (Å²) in [6, 6.07) is 0. The predicted molar refractivity (Wildman–Crippen MR) is 87.3 cm³/mol. The Morgan fingerprint density at radius 1 is 0.880 bits per heavy atom. The van der Waals surface area contributed by atoms with E-state index in [9.17, 15) is 24.5 Å². The highest BCUT2D eigenvalue weighted by atomic mass is 16.6. The van der Waals surface area contributed by atoms with Crippen LogP contribution in [-0.4, -0.2) is 46.2 Å². The number of esters is 3. The lowest BCUT2D eigenvalue weighted by molar-refractivity contribution is -0.554. The Morgan fingerprint density at radius 2 is 1.24 bits per heavy atom. The average molecular weight is 361 g/mol. The highest BCUT2D eigenvalue weighted by Crippen LogP contribution is 2.26. The number of hydrogen-bond donors (Lipinski definition) is 0. The summed E-state index contributed by atoms with van der Waals surface area (Å²) in [5.74, 6) is -3.25. The molecule has 0 aliphatic carbocycles. The van der Waals surface area contributed by atoms with Crippen LogP contribution in [0.25, 0.3) is 0 Å². The third kappa shape index (κ3) is 7.95. The molecule has 25 heavy (non-hydrogen) atoms. The largest absolute Gasteiger partial charge is 0.461 e. The van der Waals surface area contributed by atoms with Crippen LogP contribution in [0.2, 0.25) is 0 Å². The van der Waals surface area contributed by atoms with Gasteiger partial charge in [-0.25, -0.2) is 4.79 Å². The number of carbonyl (C=O) groups excluding carboxylic acids is 3. The molecule has 0 fully saturated rings. The summed E-state index contributed by atoms with van der Waals surface area (Å²) < 4.78 is 14.8. The van der Waals surface area contributed by atoms with Gasteiger partial charge in [-0.1, -0.05) is 0 Å². The van der Waals surface area contributed by atoms with Crippen molar-refractivity contribution in [3.8, 4) is 0 Å². The Bertz CT molecular complexity index is 497. The second-order valence-corrected chi connectivity index (χ2v) is 7.54. The first-order valence-electron chi connectivity index (χ1n) is 7.88. The van der Waals surface area contributed by atoms with Gasteiger partial charge < -0.3 is 14.2 Å². The Kier molecular flexibility index (Phi) is 7.54. The average Bonchev–Trinajstić information content (AvgIpc) is 2.32. The van der Waals surface area contributed by atoms with Crippen LogP contribution in [0.1, 0.15) is 61.3 Å². The second kappa shape index (κ2) is 8.26. The van der Waals surface area contributed by atoms with Gasteiger partial charge in [0.25, 0.3) is 0 Å². The van der Waals surface area contributed by atoms with Gasteiger partial charge >= 0.3 is 23.4 Å². The molecule has 9 nitrogen and oxygen atoms in total. The first-order chi connectivity index (χ1) is 11.1. The Balaban J connectivity index is 5.68. The summed E-state index contributed by atoms with van der Waals surface area (Å²) in [6.45, 7) is 10.8. The van der Waals surface area contributed by atoms with Crippen molar-refractivity contribution in [2.45, 2.75) is 78.0 Å². The summed E-state index contributed by atoms with van der Waals surface area (Å²) in [6.07, 6.45) is -1.87. The molecule has 0 aromatic rings. The second-order valence-electron chi connectivity index (χ2n) is 7.54. The first-order valence-corrected chi connectivity index (χ1v) is 7.88. The van der Waals surface area contributed by atoms with Crippen molar-refractivity contribution in [2.24, 2.45) is 0 Å². The molecule has 0 saturated heterocycles. The molecule has 0 heterocycles. The zero-order valence-corrected chi connectivity index (χ0v) is 15.8. The van der Waals surface area contributed by atoms with E-state index in [1.165, 1.54) is 6.92 Å². The molecule has 0 atom stereocenters. The fourth-order valence-electron chi connectivity index (χ4n) is 1.91. The quantitative estimate of drug-likeness (QED) is 0.292. The summed E-state index contributed by atoms with van der Waals surface area (Å²) in [7, 11) is 0. The molecule has 0 aromatic carbocycles. The molecule has 9 heteroatoms. The standard InChI is InChI=1S/C16H27NO8/c1-8-23-13(20)16(17(21)22,9-11(18)24-14(2,3)4)10-12(19)25-15(5,6)7/h8-10H2,1-7H3. The molecule has 0 unspecified atom stereocenters. The van der Waals surface area contributed by atoms with Gasteiger partial charge in [0, 0.05) is 4.92 Å². The van der Waals surface area contributed by atoms with Gasteiger partial charge in [0.2, 0.25) is 0 Å². The third-order valence-electron chi connectivity index (χ3n) is 2.72. The smallest absolute Gasteiger partial charge is 0.386 e. The first kappa shape index (κ1) is 22.8. The van der Waals surface area contributed by atoms with Crippen LogP contribution < -0.4 is 0 Å². The van der Waals surface area contributed by atoms with E-state index in [0.29, 0.717) is 0 Å². The number of nitrogens with zero attached hydrogens (tertiary/aromatic N) is 1. The minimum atomic E-state index is -2.60. The Morgan fingerprint density at radius 3 is 1.48 bits per heavy atom. The molecule has 0 bridgehead atoms. The van der Waals surface area contributed by atoms with Gasteiger partial charge in [0.15, 0.2) is 0 Å². The topological polar surface area (TPSA) is 122 Å². The maximum atomic E-state index is 12.2. The SMILES string of the molecule is CCOC(=O)C(CC(=O)OC(C)(C)C)(CC(=O)OC(C)(C)C)[N+](=O)[O-]. The van der Waals surface area contributed by atoms with E-state index < -0.39 is 52.4 Å².